The van der Waals surface area contributed by atoms with E-state index in [0.717, 1.165) is 11.3 Å². The van der Waals surface area contributed by atoms with E-state index in [2.05, 4.69) is 5.32 Å². The predicted octanol–water partition coefficient (Wildman–Crippen LogP) is 5.31. The van der Waals surface area contributed by atoms with Crippen LogP contribution in [0.2, 0.25) is 10.0 Å². The van der Waals surface area contributed by atoms with E-state index in [-0.39, 0.29) is 17.6 Å². The summed E-state index contributed by atoms with van der Waals surface area (Å²) in [6.07, 6.45) is 0. The molecule has 0 bridgehead atoms. The Bertz CT molecular complexity index is 619. The van der Waals surface area contributed by atoms with Gasteiger partial charge in [-0.1, -0.05) is 29.3 Å². The van der Waals surface area contributed by atoms with Gasteiger partial charge in [-0.15, -0.1) is 0 Å². The average molecular weight is 314 g/mol. The Morgan fingerprint density at radius 1 is 1.15 bits per heavy atom. The SMILES string of the molecule is COc1cc(C(C)Nc2cc(Cl)ccc2Cl)ccc1F. The lowest BCUT2D eigenvalue weighted by Crippen LogP contribution is -2.07. The van der Waals surface area contributed by atoms with Gasteiger partial charge in [-0.25, -0.2) is 4.39 Å². The number of anilines is 1. The lowest BCUT2D eigenvalue weighted by molar-refractivity contribution is 0.385. The number of nitrogens with one attached hydrogen (secondary N) is 1. The van der Waals surface area contributed by atoms with E-state index in [0.29, 0.717) is 10.0 Å². The second-order valence-electron chi connectivity index (χ2n) is 4.38. The van der Waals surface area contributed by atoms with Crippen molar-refractivity contribution in [1.82, 2.24) is 0 Å². The molecule has 0 saturated heterocycles. The van der Waals surface area contributed by atoms with Crippen LogP contribution in [0.1, 0.15) is 18.5 Å². The molecular formula is C15H14Cl2FNO. The zero-order chi connectivity index (χ0) is 14.7. The van der Waals surface area contributed by atoms with Gasteiger partial charge in [0.2, 0.25) is 0 Å². The standard InChI is InChI=1S/C15H14Cl2FNO/c1-9(10-3-6-13(18)15(7-10)20-2)19-14-8-11(16)4-5-12(14)17/h3-9,19H,1-2H3. The van der Waals surface area contributed by atoms with Crippen molar-refractivity contribution in [3.05, 3.63) is 57.8 Å². The van der Waals surface area contributed by atoms with Gasteiger partial charge in [-0.05, 0) is 42.8 Å². The van der Waals surface area contributed by atoms with Crippen LogP contribution in [0.4, 0.5) is 10.1 Å². The summed E-state index contributed by atoms with van der Waals surface area (Å²) >= 11 is 12.1. The molecular weight excluding hydrogens is 300 g/mol. The van der Waals surface area contributed by atoms with Crippen LogP contribution in [0.5, 0.6) is 5.75 Å². The van der Waals surface area contributed by atoms with Crippen LogP contribution in [-0.2, 0) is 0 Å². The molecule has 2 aromatic rings. The maximum absolute atomic E-state index is 13.4. The fourth-order valence-corrected chi connectivity index (χ4v) is 2.21. The third-order valence-corrected chi connectivity index (χ3v) is 3.54. The molecule has 0 spiro atoms. The molecule has 0 aliphatic heterocycles. The highest BCUT2D eigenvalue weighted by atomic mass is 35.5. The van der Waals surface area contributed by atoms with E-state index in [4.69, 9.17) is 27.9 Å². The highest BCUT2D eigenvalue weighted by Gasteiger charge is 2.11. The van der Waals surface area contributed by atoms with Gasteiger partial charge in [0, 0.05) is 11.1 Å². The predicted molar refractivity (Wildman–Crippen MR) is 81.5 cm³/mol. The van der Waals surface area contributed by atoms with E-state index in [1.165, 1.54) is 13.2 Å². The fraction of sp³-hybridized carbons (Fsp3) is 0.200. The second-order valence-corrected chi connectivity index (χ2v) is 5.23. The van der Waals surface area contributed by atoms with Gasteiger partial charge >= 0.3 is 0 Å². The number of rotatable bonds is 4. The van der Waals surface area contributed by atoms with Crippen LogP contribution in [0.25, 0.3) is 0 Å². The summed E-state index contributed by atoms with van der Waals surface area (Å²) in [5, 5.41) is 4.42. The number of halogens is 3. The molecule has 5 heteroatoms. The van der Waals surface area contributed by atoms with Gasteiger partial charge in [-0.3, -0.25) is 0 Å². The van der Waals surface area contributed by atoms with Gasteiger partial charge in [-0.2, -0.15) is 0 Å². The molecule has 2 aromatic carbocycles. The van der Waals surface area contributed by atoms with Crippen molar-refractivity contribution in [3.63, 3.8) is 0 Å². The molecule has 1 unspecified atom stereocenters. The molecule has 2 rings (SSSR count). The first-order chi connectivity index (χ1) is 9.51. The molecule has 2 nitrogen and oxygen atoms in total. The zero-order valence-electron chi connectivity index (χ0n) is 11.1. The van der Waals surface area contributed by atoms with Crippen LogP contribution >= 0.6 is 23.2 Å². The minimum atomic E-state index is -0.385. The molecule has 0 saturated carbocycles. The maximum Gasteiger partial charge on any atom is 0.165 e. The molecule has 0 aliphatic rings. The summed E-state index contributed by atoms with van der Waals surface area (Å²) in [5.41, 5.74) is 1.62. The summed E-state index contributed by atoms with van der Waals surface area (Å²) in [7, 11) is 1.44. The lowest BCUT2D eigenvalue weighted by Gasteiger charge is -2.18. The summed E-state index contributed by atoms with van der Waals surface area (Å²) in [6, 6.07) is 9.87. The van der Waals surface area contributed by atoms with E-state index < -0.39 is 0 Å². The molecule has 20 heavy (non-hydrogen) atoms. The largest absolute Gasteiger partial charge is 0.494 e. The van der Waals surface area contributed by atoms with Gasteiger partial charge in [0.05, 0.1) is 17.8 Å². The van der Waals surface area contributed by atoms with Crippen LogP contribution in [0, 0.1) is 5.82 Å². The normalized spacial score (nSPS) is 12.1. The Kier molecular flexibility index (Phi) is 4.73. The Balaban J connectivity index is 2.23. The summed E-state index contributed by atoms with van der Waals surface area (Å²) in [6.45, 7) is 1.95. The molecule has 0 radical (unpaired) electrons. The summed E-state index contributed by atoms with van der Waals surface area (Å²) in [5.74, 6) is -0.169. The van der Waals surface area contributed by atoms with Gasteiger partial charge in [0.15, 0.2) is 11.6 Å². The number of benzene rings is 2. The quantitative estimate of drug-likeness (QED) is 0.825. The summed E-state index contributed by atoms with van der Waals surface area (Å²) in [4.78, 5) is 0. The minimum Gasteiger partial charge on any atom is -0.494 e. The molecule has 0 amide bonds. The van der Waals surface area contributed by atoms with E-state index in [1.807, 2.05) is 6.92 Å². The number of ether oxygens (including phenoxy) is 1. The van der Waals surface area contributed by atoms with E-state index in [9.17, 15) is 4.39 Å². The number of hydrogen-bond donors (Lipinski definition) is 1. The molecule has 0 aromatic heterocycles. The van der Waals surface area contributed by atoms with Crippen molar-refractivity contribution < 1.29 is 9.13 Å². The first-order valence-corrected chi connectivity index (χ1v) is 6.82. The van der Waals surface area contributed by atoms with Crippen LogP contribution < -0.4 is 10.1 Å². The highest BCUT2D eigenvalue weighted by molar-refractivity contribution is 6.35. The molecule has 0 fully saturated rings. The Hall–Kier alpha value is -1.45. The van der Waals surface area contributed by atoms with Crippen molar-refractivity contribution in [3.8, 4) is 5.75 Å². The third kappa shape index (κ3) is 3.35. The van der Waals surface area contributed by atoms with Gasteiger partial charge in [0.1, 0.15) is 0 Å². The minimum absolute atomic E-state index is 0.0690. The van der Waals surface area contributed by atoms with Crippen molar-refractivity contribution in [2.45, 2.75) is 13.0 Å². The smallest absolute Gasteiger partial charge is 0.165 e. The number of methoxy groups -OCH3 is 1. The lowest BCUT2D eigenvalue weighted by atomic mass is 10.1. The van der Waals surface area contributed by atoms with Crippen LogP contribution in [0.15, 0.2) is 36.4 Å². The zero-order valence-corrected chi connectivity index (χ0v) is 12.6. The highest BCUT2D eigenvalue weighted by Crippen LogP contribution is 2.30. The fourth-order valence-electron chi connectivity index (χ4n) is 1.87. The summed E-state index contributed by atoms with van der Waals surface area (Å²) < 4.78 is 18.4. The first kappa shape index (κ1) is 14.9. The van der Waals surface area contributed by atoms with Crippen LogP contribution in [0.3, 0.4) is 0 Å². The Morgan fingerprint density at radius 2 is 1.90 bits per heavy atom. The molecule has 106 valence electrons. The van der Waals surface area contributed by atoms with E-state index in [1.54, 1.807) is 30.3 Å². The third-order valence-electron chi connectivity index (χ3n) is 2.98. The second kappa shape index (κ2) is 6.33. The van der Waals surface area contributed by atoms with Crippen molar-refractivity contribution in [2.24, 2.45) is 0 Å². The molecule has 1 N–H and O–H groups in total. The Labute approximate surface area is 127 Å². The topological polar surface area (TPSA) is 21.3 Å². The van der Waals surface area contributed by atoms with E-state index >= 15 is 0 Å². The monoisotopic (exact) mass is 313 g/mol. The molecule has 0 heterocycles. The van der Waals surface area contributed by atoms with Gasteiger partial charge in [0.25, 0.3) is 0 Å². The molecule has 0 aliphatic carbocycles. The average Bonchev–Trinajstić information content (AvgIpc) is 2.43. The molecule has 1 atom stereocenters. The van der Waals surface area contributed by atoms with Crippen molar-refractivity contribution >= 4 is 28.9 Å². The van der Waals surface area contributed by atoms with Gasteiger partial charge < -0.3 is 10.1 Å². The van der Waals surface area contributed by atoms with Crippen molar-refractivity contribution in [1.29, 1.82) is 0 Å². The van der Waals surface area contributed by atoms with Crippen LogP contribution in [-0.4, -0.2) is 7.11 Å². The Morgan fingerprint density at radius 3 is 2.60 bits per heavy atom. The first-order valence-electron chi connectivity index (χ1n) is 6.06. The van der Waals surface area contributed by atoms with Crippen molar-refractivity contribution in [2.75, 3.05) is 12.4 Å². The maximum atomic E-state index is 13.4. The number of hydrogen-bond acceptors (Lipinski definition) is 2.